The molecule has 4 nitrogen and oxygen atoms in total. The molecule has 0 saturated heterocycles. The third-order valence-corrected chi connectivity index (χ3v) is 2.80. The predicted octanol–water partition coefficient (Wildman–Crippen LogP) is 3.28. The molecule has 2 rings (SSSR count). The van der Waals surface area contributed by atoms with Gasteiger partial charge in [0.15, 0.2) is 5.82 Å². The van der Waals surface area contributed by atoms with Gasteiger partial charge < -0.3 is 9.47 Å². The van der Waals surface area contributed by atoms with Crippen LogP contribution >= 0.6 is 11.6 Å². The number of benzene rings is 1. The van der Waals surface area contributed by atoms with Gasteiger partial charge in [-0.2, -0.15) is 4.98 Å². The van der Waals surface area contributed by atoms with E-state index in [0.717, 1.165) is 12.2 Å². The third kappa shape index (κ3) is 3.83. The first-order chi connectivity index (χ1) is 9.21. The fraction of sp³-hybridized carbons (Fsp3) is 0.286. The molecule has 0 fully saturated rings. The molecular formula is C14H15ClN2O2. The van der Waals surface area contributed by atoms with Crippen LogP contribution in [0.25, 0.3) is 0 Å². The standard InChI is InChI=1S/C14H15ClN2O2/c1-3-10-5-4-6-11(7-10)19-9-13-16-12(15)8-14(17-13)18-2/h4-8H,3,9H2,1-2H3. The minimum absolute atomic E-state index is 0.254. The van der Waals surface area contributed by atoms with Gasteiger partial charge in [-0.1, -0.05) is 30.7 Å². The summed E-state index contributed by atoms with van der Waals surface area (Å²) in [6.07, 6.45) is 0.971. The summed E-state index contributed by atoms with van der Waals surface area (Å²) in [5, 5.41) is 0.341. The van der Waals surface area contributed by atoms with Crippen LogP contribution < -0.4 is 9.47 Å². The lowest BCUT2D eigenvalue weighted by Crippen LogP contribution is -2.03. The van der Waals surface area contributed by atoms with Crippen LogP contribution in [0.4, 0.5) is 0 Å². The summed E-state index contributed by atoms with van der Waals surface area (Å²) in [5.74, 6) is 1.72. The molecule has 2 aromatic rings. The zero-order valence-corrected chi connectivity index (χ0v) is 11.6. The monoisotopic (exact) mass is 278 g/mol. The number of aryl methyl sites for hydroxylation is 1. The number of ether oxygens (including phenoxy) is 2. The maximum Gasteiger partial charge on any atom is 0.217 e. The summed E-state index contributed by atoms with van der Waals surface area (Å²) < 4.78 is 10.7. The van der Waals surface area contributed by atoms with Crippen LogP contribution in [0.2, 0.25) is 5.15 Å². The van der Waals surface area contributed by atoms with Crippen LogP contribution in [0.1, 0.15) is 18.3 Å². The Labute approximate surface area is 117 Å². The highest BCUT2D eigenvalue weighted by Gasteiger charge is 2.04. The molecule has 0 atom stereocenters. The number of halogens is 1. The Morgan fingerprint density at radius 3 is 2.79 bits per heavy atom. The quantitative estimate of drug-likeness (QED) is 0.787. The smallest absolute Gasteiger partial charge is 0.217 e. The molecule has 5 heteroatoms. The molecule has 0 saturated carbocycles. The van der Waals surface area contributed by atoms with Gasteiger partial charge in [0, 0.05) is 6.07 Å². The first-order valence-electron chi connectivity index (χ1n) is 6.00. The highest BCUT2D eigenvalue weighted by molar-refractivity contribution is 6.29. The minimum atomic E-state index is 0.254. The molecule has 0 bridgehead atoms. The summed E-state index contributed by atoms with van der Waals surface area (Å²) in [4.78, 5) is 8.26. The lowest BCUT2D eigenvalue weighted by atomic mass is 10.2. The molecule has 1 heterocycles. The summed E-state index contributed by atoms with van der Waals surface area (Å²) in [7, 11) is 1.54. The average Bonchev–Trinajstić information content (AvgIpc) is 2.44. The zero-order valence-electron chi connectivity index (χ0n) is 10.9. The van der Waals surface area contributed by atoms with Gasteiger partial charge in [-0.25, -0.2) is 4.98 Å². The van der Waals surface area contributed by atoms with Gasteiger partial charge in [-0.3, -0.25) is 0 Å². The second-order valence-corrected chi connectivity index (χ2v) is 4.33. The highest BCUT2D eigenvalue weighted by atomic mass is 35.5. The number of nitrogens with zero attached hydrogens (tertiary/aromatic N) is 2. The third-order valence-electron chi connectivity index (χ3n) is 2.60. The molecule has 100 valence electrons. The first kappa shape index (κ1) is 13.6. The van der Waals surface area contributed by atoms with Crippen LogP contribution in [0.3, 0.4) is 0 Å². The van der Waals surface area contributed by atoms with E-state index in [0.29, 0.717) is 16.9 Å². The molecule has 19 heavy (non-hydrogen) atoms. The molecule has 1 aromatic heterocycles. The lowest BCUT2D eigenvalue weighted by Gasteiger charge is -2.07. The number of aromatic nitrogens is 2. The molecule has 0 radical (unpaired) electrons. The van der Waals surface area contributed by atoms with E-state index in [4.69, 9.17) is 21.1 Å². The van der Waals surface area contributed by atoms with E-state index in [-0.39, 0.29) is 6.61 Å². The lowest BCUT2D eigenvalue weighted by molar-refractivity contribution is 0.292. The molecule has 0 aliphatic rings. The summed E-state index contributed by atoms with van der Waals surface area (Å²) in [5.41, 5.74) is 1.22. The fourth-order valence-electron chi connectivity index (χ4n) is 1.61. The molecule has 0 aliphatic heterocycles. The Hall–Kier alpha value is -1.81. The van der Waals surface area contributed by atoms with E-state index in [2.05, 4.69) is 23.0 Å². The Morgan fingerprint density at radius 2 is 2.05 bits per heavy atom. The Balaban J connectivity index is 2.07. The van der Waals surface area contributed by atoms with Crippen molar-refractivity contribution in [1.82, 2.24) is 9.97 Å². The summed E-state index contributed by atoms with van der Waals surface area (Å²) in [6, 6.07) is 9.49. The van der Waals surface area contributed by atoms with E-state index in [9.17, 15) is 0 Å². The van der Waals surface area contributed by atoms with Gasteiger partial charge in [0.25, 0.3) is 0 Å². The van der Waals surface area contributed by atoms with Crippen LogP contribution in [-0.2, 0) is 13.0 Å². The SMILES string of the molecule is CCc1cccc(OCc2nc(Cl)cc(OC)n2)c1. The van der Waals surface area contributed by atoms with Crippen molar-refractivity contribution in [3.63, 3.8) is 0 Å². The van der Waals surface area contributed by atoms with E-state index >= 15 is 0 Å². The number of hydrogen-bond donors (Lipinski definition) is 0. The van der Waals surface area contributed by atoms with E-state index in [1.54, 1.807) is 6.07 Å². The normalized spacial score (nSPS) is 10.3. The number of methoxy groups -OCH3 is 1. The van der Waals surface area contributed by atoms with Crippen molar-refractivity contribution < 1.29 is 9.47 Å². The maximum absolute atomic E-state index is 5.87. The molecule has 0 N–H and O–H groups in total. The molecular weight excluding hydrogens is 264 g/mol. The van der Waals surface area contributed by atoms with Gasteiger partial charge in [-0.15, -0.1) is 0 Å². The summed E-state index contributed by atoms with van der Waals surface area (Å²) >= 11 is 5.87. The highest BCUT2D eigenvalue weighted by Crippen LogP contribution is 2.17. The van der Waals surface area contributed by atoms with E-state index in [1.807, 2.05) is 18.2 Å². The average molecular weight is 279 g/mol. The fourth-order valence-corrected chi connectivity index (χ4v) is 1.81. The molecule has 0 aliphatic carbocycles. The van der Waals surface area contributed by atoms with Crippen molar-refractivity contribution in [2.75, 3.05) is 7.11 Å². The van der Waals surface area contributed by atoms with Crippen molar-refractivity contribution in [3.05, 3.63) is 46.9 Å². The van der Waals surface area contributed by atoms with Gasteiger partial charge in [0.05, 0.1) is 7.11 Å². The topological polar surface area (TPSA) is 44.2 Å². The van der Waals surface area contributed by atoms with Crippen molar-refractivity contribution in [2.24, 2.45) is 0 Å². The second-order valence-electron chi connectivity index (χ2n) is 3.94. The molecule has 0 spiro atoms. The van der Waals surface area contributed by atoms with Crippen LogP contribution in [-0.4, -0.2) is 17.1 Å². The Bertz CT molecular complexity index is 561. The molecule has 0 amide bonds. The molecule has 1 aromatic carbocycles. The number of hydrogen-bond acceptors (Lipinski definition) is 4. The van der Waals surface area contributed by atoms with Crippen molar-refractivity contribution in [2.45, 2.75) is 20.0 Å². The Kier molecular flexibility index (Phi) is 4.58. The maximum atomic E-state index is 5.87. The largest absolute Gasteiger partial charge is 0.486 e. The van der Waals surface area contributed by atoms with E-state index in [1.165, 1.54) is 12.7 Å². The van der Waals surface area contributed by atoms with Crippen molar-refractivity contribution in [3.8, 4) is 11.6 Å². The molecule has 0 unspecified atom stereocenters. The minimum Gasteiger partial charge on any atom is -0.486 e. The van der Waals surface area contributed by atoms with Gasteiger partial charge >= 0.3 is 0 Å². The second kappa shape index (κ2) is 6.38. The first-order valence-corrected chi connectivity index (χ1v) is 6.38. The Morgan fingerprint density at radius 1 is 1.21 bits per heavy atom. The van der Waals surface area contributed by atoms with Crippen LogP contribution in [0.5, 0.6) is 11.6 Å². The predicted molar refractivity (Wildman–Crippen MR) is 73.7 cm³/mol. The zero-order chi connectivity index (χ0) is 13.7. The van der Waals surface area contributed by atoms with Gasteiger partial charge in [0.2, 0.25) is 5.88 Å². The summed E-state index contributed by atoms with van der Waals surface area (Å²) in [6.45, 7) is 2.36. The van der Waals surface area contributed by atoms with Crippen molar-refractivity contribution in [1.29, 1.82) is 0 Å². The van der Waals surface area contributed by atoms with E-state index < -0.39 is 0 Å². The van der Waals surface area contributed by atoms with Crippen LogP contribution in [0, 0.1) is 0 Å². The number of rotatable bonds is 5. The van der Waals surface area contributed by atoms with Crippen molar-refractivity contribution >= 4 is 11.6 Å². The van der Waals surface area contributed by atoms with Crippen LogP contribution in [0.15, 0.2) is 30.3 Å². The van der Waals surface area contributed by atoms with Gasteiger partial charge in [0.1, 0.15) is 17.5 Å². The van der Waals surface area contributed by atoms with Gasteiger partial charge in [-0.05, 0) is 24.1 Å².